The van der Waals surface area contributed by atoms with Gasteiger partial charge in [-0.1, -0.05) is 39.0 Å². The molecule has 1 saturated carbocycles. The van der Waals surface area contributed by atoms with Gasteiger partial charge < -0.3 is 10.6 Å². The molecule has 1 aliphatic rings. The van der Waals surface area contributed by atoms with Gasteiger partial charge in [0, 0.05) is 30.3 Å². The first kappa shape index (κ1) is 23.0. The molecular formula is C23H29N3O4S. The third kappa shape index (κ3) is 6.63. The standard InChI is InChI=1S/C23H29N3O4S/c1-23(2,3)17-7-11-20(12-8-17)31(29,30)24-14-13-21(27)25-19-6-4-5-16(15-19)22(28)26-18-9-10-18/h4-8,11-12,15,18,24H,9-10,13-14H2,1-3H3,(H,25,27)(H,26,28). The van der Waals surface area contributed by atoms with E-state index in [2.05, 4.69) is 36.1 Å². The van der Waals surface area contributed by atoms with Crippen molar-refractivity contribution in [3.63, 3.8) is 0 Å². The normalized spacial score (nSPS) is 14.2. The van der Waals surface area contributed by atoms with Crippen LogP contribution in [0, 0.1) is 0 Å². The van der Waals surface area contributed by atoms with Crippen molar-refractivity contribution in [1.82, 2.24) is 10.0 Å². The average Bonchev–Trinajstić information content (AvgIpc) is 3.51. The van der Waals surface area contributed by atoms with Crippen molar-refractivity contribution in [1.29, 1.82) is 0 Å². The molecule has 0 spiro atoms. The van der Waals surface area contributed by atoms with Gasteiger partial charge >= 0.3 is 0 Å². The summed E-state index contributed by atoms with van der Waals surface area (Å²) in [6, 6.07) is 13.7. The Hall–Kier alpha value is -2.71. The fraction of sp³-hybridized carbons (Fsp3) is 0.391. The van der Waals surface area contributed by atoms with Crippen LogP contribution < -0.4 is 15.4 Å². The van der Waals surface area contributed by atoms with Gasteiger partial charge in [-0.3, -0.25) is 9.59 Å². The highest BCUT2D eigenvalue weighted by atomic mass is 32.2. The molecule has 0 bridgehead atoms. The lowest BCUT2D eigenvalue weighted by molar-refractivity contribution is -0.116. The summed E-state index contributed by atoms with van der Waals surface area (Å²) in [6.45, 7) is 6.14. The van der Waals surface area contributed by atoms with Gasteiger partial charge in [0.25, 0.3) is 5.91 Å². The smallest absolute Gasteiger partial charge is 0.251 e. The van der Waals surface area contributed by atoms with Gasteiger partial charge in [0.15, 0.2) is 0 Å². The topological polar surface area (TPSA) is 104 Å². The van der Waals surface area contributed by atoms with Crippen LogP contribution in [0.5, 0.6) is 0 Å². The Balaban J connectivity index is 1.51. The molecule has 1 fully saturated rings. The van der Waals surface area contributed by atoms with Crippen LogP contribution in [0.1, 0.15) is 56.0 Å². The summed E-state index contributed by atoms with van der Waals surface area (Å²) in [6.07, 6.45) is 1.97. The van der Waals surface area contributed by atoms with Crippen molar-refractivity contribution in [2.24, 2.45) is 0 Å². The largest absolute Gasteiger partial charge is 0.349 e. The average molecular weight is 444 g/mol. The van der Waals surface area contributed by atoms with E-state index >= 15 is 0 Å². The predicted molar refractivity (Wildman–Crippen MR) is 121 cm³/mol. The Morgan fingerprint density at radius 3 is 2.32 bits per heavy atom. The van der Waals surface area contributed by atoms with E-state index in [1.165, 1.54) is 0 Å². The van der Waals surface area contributed by atoms with Crippen LogP contribution in [0.3, 0.4) is 0 Å². The minimum atomic E-state index is -3.70. The Morgan fingerprint density at radius 2 is 1.71 bits per heavy atom. The van der Waals surface area contributed by atoms with Crippen LogP contribution in [0.15, 0.2) is 53.4 Å². The lowest BCUT2D eigenvalue weighted by atomic mass is 9.87. The molecule has 3 N–H and O–H groups in total. The summed E-state index contributed by atoms with van der Waals surface area (Å²) < 4.78 is 27.4. The molecule has 0 atom stereocenters. The molecule has 1 aliphatic carbocycles. The number of benzene rings is 2. The summed E-state index contributed by atoms with van der Waals surface area (Å²) in [4.78, 5) is 24.5. The molecule has 0 aliphatic heterocycles. The highest BCUT2D eigenvalue weighted by molar-refractivity contribution is 7.89. The van der Waals surface area contributed by atoms with Gasteiger partial charge in [0.2, 0.25) is 15.9 Å². The van der Waals surface area contributed by atoms with Gasteiger partial charge in [0.05, 0.1) is 4.90 Å². The van der Waals surface area contributed by atoms with Crippen molar-refractivity contribution in [3.05, 3.63) is 59.7 Å². The monoisotopic (exact) mass is 443 g/mol. The molecule has 2 aromatic carbocycles. The molecule has 0 aromatic heterocycles. The van der Waals surface area contributed by atoms with E-state index in [4.69, 9.17) is 0 Å². The summed E-state index contributed by atoms with van der Waals surface area (Å²) in [7, 11) is -3.70. The zero-order valence-corrected chi connectivity index (χ0v) is 18.9. The van der Waals surface area contributed by atoms with Crippen LogP contribution in [0.25, 0.3) is 0 Å². The van der Waals surface area contributed by atoms with Crippen molar-refractivity contribution in [2.75, 3.05) is 11.9 Å². The fourth-order valence-corrected chi connectivity index (χ4v) is 4.01. The number of rotatable bonds is 8. The highest BCUT2D eigenvalue weighted by Crippen LogP contribution is 2.23. The van der Waals surface area contributed by atoms with Gasteiger partial charge in [-0.15, -0.1) is 0 Å². The predicted octanol–water partition coefficient (Wildman–Crippen LogP) is 3.18. The van der Waals surface area contributed by atoms with E-state index in [9.17, 15) is 18.0 Å². The second-order valence-corrected chi connectivity index (χ2v) is 10.6. The van der Waals surface area contributed by atoms with Gasteiger partial charge in [-0.25, -0.2) is 13.1 Å². The van der Waals surface area contributed by atoms with Gasteiger partial charge in [-0.05, 0) is 54.2 Å². The van der Waals surface area contributed by atoms with Gasteiger partial charge in [0.1, 0.15) is 0 Å². The van der Waals surface area contributed by atoms with Crippen LogP contribution in [-0.2, 0) is 20.2 Å². The zero-order valence-electron chi connectivity index (χ0n) is 18.1. The summed E-state index contributed by atoms with van der Waals surface area (Å²) in [5, 5.41) is 5.60. The lowest BCUT2D eigenvalue weighted by Crippen LogP contribution is -2.28. The zero-order chi connectivity index (χ0) is 22.6. The van der Waals surface area contributed by atoms with Crippen LogP contribution in [0.4, 0.5) is 5.69 Å². The fourth-order valence-electron chi connectivity index (χ4n) is 2.97. The maximum absolute atomic E-state index is 12.5. The maximum Gasteiger partial charge on any atom is 0.251 e. The highest BCUT2D eigenvalue weighted by Gasteiger charge is 2.24. The van der Waals surface area contributed by atoms with Crippen LogP contribution in [-0.4, -0.2) is 32.8 Å². The van der Waals surface area contributed by atoms with Gasteiger partial charge in [-0.2, -0.15) is 0 Å². The van der Waals surface area contributed by atoms with E-state index in [0.29, 0.717) is 11.3 Å². The molecule has 8 heteroatoms. The number of nitrogens with one attached hydrogen (secondary N) is 3. The quantitative estimate of drug-likeness (QED) is 0.583. The van der Waals surface area contributed by atoms with E-state index in [1.54, 1.807) is 48.5 Å². The first-order valence-electron chi connectivity index (χ1n) is 10.4. The summed E-state index contributed by atoms with van der Waals surface area (Å²) in [5.74, 6) is -0.505. The molecule has 2 aromatic rings. The van der Waals surface area contributed by atoms with Crippen molar-refractivity contribution < 1.29 is 18.0 Å². The molecule has 7 nitrogen and oxygen atoms in total. The van der Waals surface area contributed by atoms with Crippen LogP contribution >= 0.6 is 0 Å². The van der Waals surface area contributed by atoms with E-state index < -0.39 is 10.0 Å². The summed E-state index contributed by atoms with van der Waals surface area (Å²) in [5.41, 5.74) is 1.95. The number of carbonyl (C=O) groups excluding carboxylic acids is 2. The molecular weight excluding hydrogens is 414 g/mol. The molecule has 3 rings (SSSR count). The van der Waals surface area contributed by atoms with E-state index in [1.807, 2.05) is 0 Å². The second-order valence-electron chi connectivity index (χ2n) is 8.80. The van der Waals surface area contributed by atoms with Crippen molar-refractivity contribution >= 4 is 27.5 Å². The maximum atomic E-state index is 12.5. The second kappa shape index (κ2) is 9.20. The van der Waals surface area contributed by atoms with Crippen molar-refractivity contribution in [2.45, 2.75) is 56.4 Å². The van der Waals surface area contributed by atoms with E-state index in [-0.39, 0.29) is 41.1 Å². The Labute approximate surface area is 183 Å². The third-order valence-corrected chi connectivity index (χ3v) is 6.47. The van der Waals surface area contributed by atoms with E-state index in [0.717, 1.165) is 18.4 Å². The molecule has 0 saturated heterocycles. The Bertz CT molecular complexity index is 1050. The molecule has 31 heavy (non-hydrogen) atoms. The molecule has 0 unspecified atom stereocenters. The first-order valence-corrected chi connectivity index (χ1v) is 11.8. The Kier molecular flexibility index (Phi) is 6.81. The third-order valence-electron chi connectivity index (χ3n) is 5.00. The SMILES string of the molecule is CC(C)(C)c1ccc(S(=O)(=O)NCCC(=O)Nc2cccc(C(=O)NC3CC3)c2)cc1. The summed E-state index contributed by atoms with van der Waals surface area (Å²) >= 11 is 0. The minimum absolute atomic E-state index is 0.0300. The lowest BCUT2D eigenvalue weighted by Gasteiger charge is -2.19. The molecule has 0 heterocycles. The molecule has 2 amide bonds. The molecule has 0 radical (unpaired) electrons. The molecule has 166 valence electrons. The first-order chi connectivity index (χ1) is 14.5. The number of anilines is 1. The van der Waals surface area contributed by atoms with Crippen molar-refractivity contribution in [3.8, 4) is 0 Å². The van der Waals surface area contributed by atoms with Crippen LogP contribution in [0.2, 0.25) is 0 Å². The minimum Gasteiger partial charge on any atom is -0.349 e. The number of sulfonamides is 1. The number of hydrogen-bond donors (Lipinski definition) is 3. The number of amides is 2. The Morgan fingerprint density at radius 1 is 1.03 bits per heavy atom. The number of carbonyl (C=O) groups is 2. The number of hydrogen-bond acceptors (Lipinski definition) is 4.